The second kappa shape index (κ2) is 6.97. The summed E-state index contributed by atoms with van der Waals surface area (Å²) >= 11 is 0. The van der Waals surface area contributed by atoms with Crippen LogP contribution in [0.5, 0.6) is 0 Å². The number of halogens is 1. The summed E-state index contributed by atoms with van der Waals surface area (Å²) < 4.78 is 0. The molecule has 0 radical (unpaired) electrons. The predicted molar refractivity (Wildman–Crippen MR) is 78.3 cm³/mol. The van der Waals surface area contributed by atoms with Crippen molar-refractivity contribution in [3.63, 3.8) is 0 Å². The summed E-state index contributed by atoms with van der Waals surface area (Å²) in [6.45, 7) is 11.2. The molecule has 0 nitrogen and oxygen atoms in total. The first-order chi connectivity index (χ1) is 7.52. The quantitative estimate of drug-likeness (QED) is 0.596. The number of hydrogen-bond acceptors (Lipinski definition) is 0. The van der Waals surface area contributed by atoms with Crippen molar-refractivity contribution in [2.24, 2.45) is 0 Å². The van der Waals surface area contributed by atoms with Gasteiger partial charge in [-0.2, -0.15) is 5.92 Å². The van der Waals surface area contributed by atoms with Crippen LogP contribution in [0, 0.1) is 5.92 Å². The van der Waals surface area contributed by atoms with Gasteiger partial charge in [0, 0.05) is 26.2 Å². The molecule has 2 heteroatoms. The van der Waals surface area contributed by atoms with E-state index in [0.717, 1.165) is 12.8 Å². The second-order valence-corrected chi connectivity index (χ2v) is 5.01. The van der Waals surface area contributed by atoms with E-state index in [0.29, 0.717) is 0 Å². The van der Waals surface area contributed by atoms with Gasteiger partial charge in [0.1, 0.15) is 0 Å². The molecule has 0 aromatic rings. The smallest absolute Gasteiger partial charge is 0 e. The first-order valence-corrected chi connectivity index (χ1v) is 6.10. The van der Waals surface area contributed by atoms with E-state index in [1.54, 1.807) is 11.1 Å². The fourth-order valence-corrected chi connectivity index (χ4v) is 2.65. The molecule has 2 aliphatic rings. The van der Waals surface area contributed by atoms with Crippen LogP contribution in [-0.2, 0) is 26.2 Å². The van der Waals surface area contributed by atoms with Crippen LogP contribution in [0.2, 0.25) is 0 Å². The minimum absolute atomic E-state index is 0. The summed E-state index contributed by atoms with van der Waals surface area (Å²) in [6.07, 6.45) is 6.94. The Morgan fingerprint density at radius 3 is 1.39 bits per heavy atom. The van der Waals surface area contributed by atoms with Crippen molar-refractivity contribution in [3.05, 3.63) is 51.5 Å². The van der Waals surface area contributed by atoms with Gasteiger partial charge in [-0.15, -0.1) is 45.8 Å². The molecule has 0 amide bonds. The van der Waals surface area contributed by atoms with E-state index in [-0.39, 0.29) is 38.6 Å². The van der Waals surface area contributed by atoms with Crippen molar-refractivity contribution in [1.29, 1.82) is 0 Å². The van der Waals surface area contributed by atoms with E-state index in [1.165, 1.54) is 28.2 Å². The molecule has 0 saturated carbocycles. The summed E-state index contributed by atoms with van der Waals surface area (Å²) in [5.74, 6) is 1.51. The van der Waals surface area contributed by atoms with Crippen LogP contribution in [0.1, 0.15) is 47.5 Å². The van der Waals surface area contributed by atoms with Crippen molar-refractivity contribution in [2.75, 3.05) is 0 Å². The second-order valence-electron chi connectivity index (χ2n) is 5.01. The first kappa shape index (κ1) is 18.0. The predicted octanol–water partition coefficient (Wildman–Crippen LogP) is 5.33. The van der Waals surface area contributed by atoms with Crippen LogP contribution >= 0.6 is 12.4 Å². The molecule has 0 atom stereocenters. The Kier molecular flexibility index (Phi) is 6.97. The Morgan fingerprint density at radius 1 is 0.833 bits per heavy atom. The van der Waals surface area contributed by atoms with Gasteiger partial charge in [0.15, 0.2) is 0 Å². The van der Waals surface area contributed by atoms with Crippen LogP contribution < -0.4 is 0 Å². The number of hydrogen-bond donors (Lipinski definition) is 0. The SMILES string of the molecule is CC1=CCC([C-](C)C2=C(C)C(C)=CC2)=C1C.Cl.[Zr]. The van der Waals surface area contributed by atoms with Gasteiger partial charge in [-0.1, -0.05) is 46.8 Å². The molecule has 18 heavy (non-hydrogen) atoms. The number of rotatable bonds is 2. The van der Waals surface area contributed by atoms with E-state index >= 15 is 0 Å². The molecular formula is C16H22ClZr-. The van der Waals surface area contributed by atoms with Gasteiger partial charge in [0.2, 0.25) is 0 Å². The molecule has 0 aliphatic heterocycles. The molecule has 0 fully saturated rings. The Balaban J connectivity index is 0.00000144. The van der Waals surface area contributed by atoms with Crippen molar-refractivity contribution in [2.45, 2.75) is 47.5 Å². The van der Waals surface area contributed by atoms with E-state index in [1.807, 2.05) is 0 Å². The van der Waals surface area contributed by atoms with Crippen LogP contribution in [0.4, 0.5) is 0 Å². The van der Waals surface area contributed by atoms with Gasteiger partial charge in [-0.25, -0.2) is 0 Å². The van der Waals surface area contributed by atoms with Gasteiger partial charge >= 0.3 is 0 Å². The maximum absolute atomic E-state index is 2.35. The van der Waals surface area contributed by atoms with Crippen LogP contribution in [0.15, 0.2) is 45.6 Å². The van der Waals surface area contributed by atoms with Gasteiger partial charge < -0.3 is 0 Å². The summed E-state index contributed by atoms with van der Waals surface area (Å²) in [5, 5.41) is 0. The van der Waals surface area contributed by atoms with Crippen molar-refractivity contribution in [1.82, 2.24) is 0 Å². The molecule has 0 N–H and O–H groups in total. The Bertz CT molecular complexity index is 408. The molecule has 0 bridgehead atoms. The van der Waals surface area contributed by atoms with Crippen molar-refractivity contribution >= 4 is 12.4 Å². The largest absolute Gasteiger partial charge is 0.151 e. The summed E-state index contributed by atoms with van der Waals surface area (Å²) in [6, 6.07) is 0. The maximum atomic E-state index is 2.35. The van der Waals surface area contributed by atoms with Crippen LogP contribution in [-0.4, -0.2) is 0 Å². The summed E-state index contributed by atoms with van der Waals surface area (Å²) in [4.78, 5) is 0. The van der Waals surface area contributed by atoms with Crippen molar-refractivity contribution in [3.8, 4) is 0 Å². The van der Waals surface area contributed by atoms with Crippen molar-refractivity contribution < 1.29 is 26.2 Å². The third-order valence-corrected chi connectivity index (χ3v) is 4.22. The van der Waals surface area contributed by atoms with Gasteiger partial charge in [-0.05, 0) is 12.8 Å². The van der Waals surface area contributed by atoms with Crippen LogP contribution in [0.3, 0.4) is 0 Å². The average molecular weight is 341 g/mol. The Labute approximate surface area is 137 Å². The average Bonchev–Trinajstić information content (AvgIpc) is 2.74. The molecule has 2 rings (SSSR count). The topological polar surface area (TPSA) is 0 Å². The minimum Gasteiger partial charge on any atom is -0.151 e. The first-order valence-electron chi connectivity index (χ1n) is 6.10. The molecule has 0 aromatic heterocycles. The molecule has 98 valence electrons. The minimum atomic E-state index is 0. The zero-order valence-corrected chi connectivity index (χ0v) is 15.3. The van der Waals surface area contributed by atoms with E-state index in [2.05, 4.69) is 46.8 Å². The fourth-order valence-electron chi connectivity index (χ4n) is 2.65. The molecule has 2 aliphatic carbocycles. The van der Waals surface area contributed by atoms with Gasteiger partial charge in [0.25, 0.3) is 0 Å². The fraction of sp³-hybridized carbons (Fsp3) is 0.438. The number of allylic oxidation sites excluding steroid dienone is 8. The third kappa shape index (κ3) is 3.12. The summed E-state index contributed by atoms with van der Waals surface area (Å²) in [7, 11) is 0. The summed E-state index contributed by atoms with van der Waals surface area (Å²) in [5.41, 5.74) is 8.99. The molecule has 0 heterocycles. The normalized spacial score (nSPS) is 18.3. The van der Waals surface area contributed by atoms with Gasteiger partial charge in [-0.3, -0.25) is 0 Å². The van der Waals surface area contributed by atoms with Crippen LogP contribution in [0.25, 0.3) is 0 Å². The molecule has 0 spiro atoms. The standard InChI is InChI=1S/C16H21.ClH.Zr/c1-10-6-8-15(12(10)3)14(5)16-9-7-11(2)13(16)4;;/h6-7H,8-9H2,1-5H3;1H;/q-1;;. The maximum Gasteiger partial charge on any atom is 0 e. The third-order valence-electron chi connectivity index (χ3n) is 4.22. The molecule has 0 aromatic carbocycles. The Hall–Kier alpha value is 0.00312. The Morgan fingerprint density at radius 2 is 1.17 bits per heavy atom. The van der Waals surface area contributed by atoms with Gasteiger partial charge in [0.05, 0.1) is 0 Å². The van der Waals surface area contributed by atoms with E-state index in [9.17, 15) is 0 Å². The van der Waals surface area contributed by atoms with E-state index < -0.39 is 0 Å². The molecule has 0 saturated heterocycles. The van der Waals surface area contributed by atoms with E-state index in [4.69, 9.17) is 0 Å². The monoisotopic (exact) mass is 339 g/mol. The zero-order valence-electron chi connectivity index (χ0n) is 12.0. The molecule has 0 unspecified atom stereocenters. The zero-order chi connectivity index (χ0) is 11.9. The molecular weight excluding hydrogens is 319 g/mol.